The molecule has 0 fully saturated rings. The van der Waals surface area contributed by atoms with Crippen molar-refractivity contribution in [1.82, 2.24) is 0 Å². The van der Waals surface area contributed by atoms with Gasteiger partial charge in [0.05, 0.1) is 8.07 Å². The molecule has 0 unspecified atom stereocenters. The maximum absolute atomic E-state index is 9.23. The van der Waals surface area contributed by atoms with Crippen molar-refractivity contribution >= 4 is 8.07 Å². The van der Waals surface area contributed by atoms with Gasteiger partial charge in [-0.1, -0.05) is 57.1 Å². The Morgan fingerprint density at radius 2 is 1.44 bits per heavy atom. The molecule has 0 radical (unpaired) electrons. The van der Waals surface area contributed by atoms with Crippen molar-refractivity contribution in [1.29, 1.82) is 0 Å². The highest BCUT2D eigenvalue weighted by atomic mass is 28.3. The molecule has 2 heteroatoms. The fourth-order valence-corrected chi connectivity index (χ4v) is 5.73. The van der Waals surface area contributed by atoms with E-state index in [1.54, 1.807) is 12.1 Å². The van der Waals surface area contributed by atoms with E-state index < -0.39 is 8.07 Å². The van der Waals surface area contributed by atoms with Gasteiger partial charge in [-0.25, -0.2) is 0 Å². The summed E-state index contributed by atoms with van der Waals surface area (Å²) in [6.45, 7) is 7.07. The first kappa shape index (κ1) is 13.3. The lowest BCUT2D eigenvalue weighted by molar-refractivity contribution is 0.475. The summed E-state index contributed by atoms with van der Waals surface area (Å²) in [6.07, 6.45) is 1.18. The third kappa shape index (κ3) is 3.37. The van der Waals surface area contributed by atoms with Crippen LogP contribution in [0.15, 0.2) is 24.3 Å². The third-order valence-electron chi connectivity index (χ3n) is 4.13. The molecule has 0 saturated heterocycles. The van der Waals surface area contributed by atoms with Gasteiger partial charge in [0.25, 0.3) is 0 Å². The van der Waals surface area contributed by atoms with E-state index in [0.717, 1.165) is 0 Å². The number of aryl methyl sites for hydroxylation is 1. The van der Waals surface area contributed by atoms with Crippen molar-refractivity contribution in [3.63, 3.8) is 0 Å². The van der Waals surface area contributed by atoms with Gasteiger partial charge in [0.2, 0.25) is 0 Å². The molecular formula is C14H24OSi. The van der Waals surface area contributed by atoms with E-state index in [0.29, 0.717) is 5.75 Å². The van der Waals surface area contributed by atoms with Crippen molar-refractivity contribution in [3.8, 4) is 5.75 Å². The van der Waals surface area contributed by atoms with Crippen LogP contribution in [0.25, 0.3) is 0 Å². The maximum Gasteiger partial charge on any atom is 0.115 e. The van der Waals surface area contributed by atoms with Crippen molar-refractivity contribution in [2.75, 3.05) is 0 Å². The highest BCUT2D eigenvalue weighted by Crippen LogP contribution is 2.27. The van der Waals surface area contributed by atoms with Crippen LogP contribution >= 0.6 is 0 Å². The van der Waals surface area contributed by atoms with Gasteiger partial charge in [0.1, 0.15) is 5.75 Å². The summed E-state index contributed by atoms with van der Waals surface area (Å²) in [4.78, 5) is 0. The summed E-state index contributed by atoms with van der Waals surface area (Å²) in [5.74, 6) is 0.369. The second kappa shape index (κ2) is 6.09. The molecule has 0 saturated carbocycles. The molecule has 1 aromatic carbocycles. The van der Waals surface area contributed by atoms with E-state index in [-0.39, 0.29) is 0 Å². The first-order valence-corrected chi connectivity index (χ1v) is 9.26. The van der Waals surface area contributed by atoms with E-state index in [4.69, 9.17) is 0 Å². The molecule has 0 amide bonds. The Kier molecular flexibility index (Phi) is 5.06. The molecule has 1 N–H and O–H groups in total. The summed E-state index contributed by atoms with van der Waals surface area (Å²) in [5.41, 5.74) is 1.37. The molecule has 1 nitrogen and oxygen atoms in total. The van der Waals surface area contributed by atoms with Crippen molar-refractivity contribution in [3.05, 3.63) is 29.8 Å². The Hall–Kier alpha value is -0.763. The molecule has 0 aliphatic rings. The normalized spacial score (nSPS) is 11.7. The lowest BCUT2D eigenvalue weighted by atomic mass is 10.2. The Labute approximate surface area is 101 Å². The van der Waals surface area contributed by atoms with Crippen LogP contribution in [0.1, 0.15) is 26.3 Å². The molecule has 1 aromatic rings. The average molecular weight is 236 g/mol. The fourth-order valence-electron chi connectivity index (χ4n) is 2.35. The molecule has 0 aliphatic carbocycles. The molecule has 0 bridgehead atoms. The van der Waals surface area contributed by atoms with Crippen LogP contribution in [-0.4, -0.2) is 13.2 Å². The second-order valence-electron chi connectivity index (χ2n) is 4.73. The molecule has 0 atom stereocenters. The van der Waals surface area contributed by atoms with Crippen molar-refractivity contribution < 1.29 is 5.11 Å². The van der Waals surface area contributed by atoms with Crippen LogP contribution in [0.5, 0.6) is 5.75 Å². The van der Waals surface area contributed by atoms with Crippen molar-refractivity contribution in [2.24, 2.45) is 0 Å². The molecule has 0 aromatic heterocycles. The number of benzene rings is 1. The quantitative estimate of drug-likeness (QED) is 0.724. The SMILES string of the molecule is CC[Si](CC)(CC)CCc1ccc(O)cc1. The van der Waals surface area contributed by atoms with E-state index in [1.807, 2.05) is 0 Å². The third-order valence-corrected chi connectivity index (χ3v) is 9.94. The predicted octanol–water partition coefficient (Wildman–Crippen LogP) is 4.44. The topological polar surface area (TPSA) is 20.2 Å². The second-order valence-corrected chi connectivity index (χ2v) is 10.3. The largest absolute Gasteiger partial charge is 0.508 e. The van der Waals surface area contributed by atoms with Crippen LogP contribution in [0.3, 0.4) is 0 Å². The summed E-state index contributed by atoms with van der Waals surface area (Å²) in [5, 5.41) is 9.23. The highest BCUT2D eigenvalue weighted by molar-refractivity contribution is 6.79. The van der Waals surface area contributed by atoms with Crippen LogP contribution < -0.4 is 0 Å². The molecule has 90 valence electrons. The zero-order chi connectivity index (χ0) is 12.0. The number of hydrogen-bond donors (Lipinski definition) is 1. The van der Waals surface area contributed by atoms with Gasteiger partial charge >= 0.3 is 0 Å². The van der Waals surface area contributed by atoms with Gasteiger partial charge in [0.15, 0.2) is 0 Å². The number of hydrogen-bond acceptors (Lipinski definition) is 1. The Morgan fingerprint density at radius 1 is 0.938 bits per heavy atom. The Balaban J connectivity index is 2.58. The Morgan fingerprint density at radius 3 is 1.88 bits per heavy atom. The van der Waals surface area contributed by atoms with Crippen LogP contribution in [0, 0.1) is 0 Å². The van der Waals surface area contributed by atoms with Gasteiger partial charge in [-0.05, 0) is 24.1 Å². The van der Waals surface area contributed by atoms with Gasteiger partial charge < -0.3 is 5.11 Å². The zero-order valence-corrected chi connectivity index (χ0v) is 11.8. The van der Waals surface area contributed by atoms with Crippen LogP contribution in [0.4, 0.5) is 0 Å². The number of rotatable bonds is 6. The summed E-state index contributed by atoms with van der Waals surface area (Å²) in [6, 6.07) is 13.3. The lowest BCUT2D eigenvalue weighted by Gasteiger charge is -2.28. The van der Waals surface area contributed by atoms with E-state index >= 15 is 0 Å². The molecule has 1 rings (SSSR count). The standard InChI is InChI=1S/C14H24OSi/c1-4-16(5-2,6-3)12-11-13-7-9-14(15)10-8-13/h7-10,15H,4-6,11-12H2,1-3H3. The van der Waals surface area contributed by atoms with Gasteiger partial charge in [0, 0.05) is 0 Å². The molecule has 0 heterocycles. The van der Waals surface area contributed by atoms with Gasteiger partial charge in [-0.2, -0.15) is 0 Å². The molecule has 0 spiro atoms. The number of aromatic hydroxyl groups is 1. The van der Waals surface area contributed by atoms with Gasteiger partial charge in [-0.3, -0.25) is 0 Å². The van der Waals surface area contributed by atoms with E-state index in [9.17, 15) is 5.11 Å². The first-order valence-electron chi connectivity index (χ1n) is 6.43. The van der Waals surface area contributed by atoms with Crippen LogP contribution in [0.2, 0.25) is 24.2 Å². The summed E-state index contributed by atoms with van der Waals surface area (Å²) in [7, 11) is -0.976. The highest BCUT2D eigenvalue weighted by Gasteiger charge is 2.25. The van der Waals surface area contributed by atoms with Gasteiger partial charge in [-0.15, -0.1) is 0 Å². The molecule has 16 heavy (non-hydrogen) atoms. The van der Waals surface area contributed by atoms with E-state index in [2.05, 4.69) is 32.9 Å². The minimum Gasteiger partial charge on any atom is -0.508 e. The van der Waals surface area contributed by atoms with Crippen molar-refractivity contribution in [2.45, 2.75) is 51.4 Å². The average Bonchev–Trinajstić information content (AvgIpc) is 2.34. The molecule has 0 aliphatic heterocycles. The predicted molar refractivity (Wildman–Crippen MR) is 73.8 cm³/mol. The zero-order valence-electron chi connectivity index (χ0n) is 10.8. The Bertz CT molecular complexity index is 293. The minimum absolute atomic E-state index is 0.369. The van der Waals surface area contributed by atoms with Crippen LogP contribution in [-0.2, 0) is 6.42 Å². The number of phenols is 1. The number of phenolic OH excluding ortho intramolecular Hbond substituents is 1. The molecular weight excluding hydrogens is 212 g/mol. The van der Waals surface area contributed by atoms with E-state index in [1.165, 1.54) is 36.2 Å². The fraction of sp³-hybridized carbons (Fsp3) is 0.571. The summed E-state index contributed by atoms with van der Waals surface area (Å²) >= 11 is 0. The maximum atomic E-state index is 9.23. The summed E-state index contributed by atoms with van der Waals surface area (Å²) < 4.78 is 0. The minimum atomic E-state index is -0.976. The monoisotopic (exact) mass is 236 g/mol. The smallest absolute Gasteiger partial charge is 0.115 e. The lowest BCUT2D eigenvalue weighted by Crippen LogP contribution is -2.31. The first-order chi connectivity index (χ1) is 7.65.